The Labute approximate surface area is 85.4 Å². The Balaban J connectivity index is 3.81. The molecule has 0 atom stereocenters. The Bertz CT molecular complexity index is 217. The molecule has 14 heavy (non-hydrogen) atoms. The maximum atomic E-state index is 11.0. The zero-order valence-corrected chi connectivity index (χ0v) is 9.08. The Morgan fingerprint density at radius 1 is 1.36 bits per heavy atom. The fraction of sp³-hybridized carbons (Fsp3) is 0.545. The van der Waals surface area contributed by atoms with Crippen molar-refractivity contribution in [1.29, 1.82) is 0 Å². The van der Waals surface area contributed by atoms with Gasteiger partial charge in [0.25, 0.3) is 0 Å². The van der Waals surface area contributed by atoms with Crippen LogP contribution in [0, 0.1) is 0 Å². The molecule has 0 aromatic heterocycles. The summed E-state index contributed by atoms with van der Waals surface area (Å²) in [6, 6.07) is 0. The largest absolute Gasteiger partial charge is 0.483 e. The van der Waals surface area contributed by atoms with Crippen molar-refractivity contribution >= 4 is 5.97 Å². The van der Waals surface area contributed by atoms with Gasteiger partial charge in [0.2, 0.25) is 5.76 Å². The molecule has 80 valence electrons. The van der Waals surface area contributed by atoms with Gasteiger partial charge in [-0.05, 0) is 19.4 Å². The molecule has 0 aliphatic carbocycles. The first-order valence-electron chi connectivity index (χ1n) is 4.78. The molecule has 0 bridgehead atoms. The van der Waals surface area contributed by atoms with Crippen LogP contribution in [0.1, 0.15) is 26.7 Å². The number of methoxy groups -OCH3 is 1. The van der Waals surface area contributed by atoms with E-state index in [2.05, 4.69) is 11.7 Å². The van der Waals surface area contributed by atoms with E-state index in [4.69, 9.17) is 4.74 Å². The van der Waals surface area contributed by atoms with Gasteiger partial charge < -0.3 is 9.47 Å². The summed E-state index contributed by atoms with van der Waals surface area (Å²) in [5.41, 5.74) is 0. The molecule has 0 aromatic rings. The summed E-state index contributed by atoms with van der Waals surface area (Å²) in [4.78, 5) is 11.0. The lowest BCUT2D eigenvalue weighted by Gasteiger charge is -2.04. The lowest BCUT2D eigenvalue weighted by Crippen LogP contribution is -2.08. The lowest BCUT2D eigenvalue weighted by atomic mass is 10.3. The van der Waals surface area contributed by atoms with Crippen LogP contribution in [0.3, 0.4) is 0 Å². The van der Waals surface area contributed by atoms with Crippen molar-refractivity contribution in [3.05, 3.63) is 24.0 Å². The summed E-state index contributed by atoms with van der Waals surface area (Å²) >= 11 is 0. The Hall–Kier alpha value is -1.25. The van der Waals surface area contributed by atoms with Crippen molar-refractivity contribution in [2.75, 3.05) is 13.7 Å². The van der Waals surface area contributed by atoms with Gasteiger partial charge >= 0.3 is 5.97 Å². The Kier molecular flexibility index (Phi) is 7.61. The highest BCUT2D eigenvalue weighted by Crippen LogP contribution is 2.00. The molecule has 0 saturated heterocycles. The summed E-state index contributed by atoms with van der Waals surface area (Å²) in [7, 11) is 1.34. The lowest BCUT2D eigenvalue weighted by molar-refractivity contribution is -0.139. The van der Waals surface area contributed by atoms with Crippen LogP contribution in [0.2, 0.25) is 0 Å². The van der Waals surface area contributed by atoms with E-state index in [1.807, 2.05) is 12.2 Å². The molecule has 0 aliphatic heterocycles. The molecule has 0 spiro atoms. The van der Waals surface area contributed by atoms with E-state index in [0.29, 0.717) is 6.61 Å². The summed E-state index contributed by atoms with van der Waals surface area (Å²) in [5, 5.41) is 0. The predicted octanol–water partition coefficient (Wildman–Crippen LogP) is 2.44. The molecule has 0 fully saturated rings. The minimum atomic E-state index is -0.434. The second-order valence-electron chi connectivity index (χ2n) is 2.72. The van der Waals surface area contributed by atoms with Crippen LogP contribution in [-0.4, -0.2) is 19.7 Å². The minimum absolute atomic E-state index is 0.258. The molecule has 0 unspecified atom stereocenters. The molecule has 0 radical (unpaired) electrons. The maximum absolute atomic E-state index is 11.0. The summed E-state index contributed by atoms with van der Waals surface area (Å²) < 4.78 is 9.72. The molecule has 0 rings (SSSR count). The second kappa shape index (κ2) is 8.35. The smallest absolute Gasteiger partial charge is 0.372 e. The van der Waals surface area contributed by atoms with E-state index >= 15 is 0 Å². The molecule has 0 aliphatic rings. The molecular weight excluding hydrogens is 180 g/mol. The predicted molar refractivity (Wildman–Crippen MR) is 55.8 cm³/mol. The molecule has 0 saturated carbocycles. The first-order chi connectivity index (χ1) is 6.76. The van der Waals surface area contributed by atoms with E-state index in [1.165, 1.54) is 7.11 Å². The highest BCUT2D eigenvalue weighted by Gasteiger charge is 2.07. The van der Waals surface area contributed by atoms with Crippen molar-refractivity contribution in [3.8, 4) is 0 Å². The van der Waals surface area contributed by atoms with Crippen LogP contribution in [0.4, 0.5) is 0 Å². The number of unbranched alkanes of at least 4 members (excludes halogenated alkanes) is 1. The summed E-state index contributed by atoms with van der Waals surface area (Å²) in [5.74, 6) is -0.176. The number of carbonyl (C=O) groups excluding carboxylic acids is 1. The number of carbonyl (C=O) groups is 1. The summed E-state index contributed by atoms with van der Waals surface area (Å²) in [6.07, 6.45) is 7.68. The zero-order chi connectivity index (χ0) is 10.8. The van der Waals surface area contributed by atoms with Gasteiger partial charge in [0, 0.05) is 0 Å². The highest BCUT2D eigenvalue weighted by molar-refractivity contribution is 5.85. The van der Waals surface area contributed by atoms with Gasteiger partial charge in [-0.1, -0.05) is 25.5 Å². The number of esters is 1. The van der Waals surface area contributed by atoms with Gasteiger partial charge in [-0.2, -0.15) is 0 Å². The molecule has 3 heteroatoms. The molecule has 0 heterocycles. The Morgan fingerprint density at radius 2 is 2.07 bits per heavy atom. The number of rotatable bonds is 6. The minimum Gasteiger partial charge on any atom is -0.483 e. The van der Waals surface area contributed by atoms with Crippen molar-refractivity contribution < 1.29 is 14.3 Å². The van der Waals surface area contributed by atoms with E-state index in [9.17, 15) is 4.79 Å². The van der Waals surface area contributed by atoms with Crippen molar-refractivity contribution in [3.63, 3.8) is 0 Å². The highest BCUT2D eigenvalue weighted by atomic mass is 16.6. The fourth-order valence-electron chi connectivity index (χ4n) is 0.851. The van der Waals surface area contributed by atoms with Crippen LogP contribution in [0.15, 0.2) is 24.0 Å². The SMILES string of the molecule is C/C=C(/OC/C=C/CCC)C(=O)OC. The van der Waals surface area contributed by atoms with Crippen LogP contribution in [-0.2, 0) is 14.3 Å². The van der Waals surface area contributed by atoms with E-state index in [-0.39, 0.29) is 5.76 Å². The molecule has 3 nitrogen and oxygen atoms in total. The number of hydrogen-bond acceptors (Lipinski definition) is 3. The standard InChI is InChI=1S/C11H18O3/c1-4-6-7-8-9-14-10(5-2)11(12)13-3/h5,7-8H,4,6,9H2,1-3H3/b8-7+,10-5+. The van der Waals surface area contributed by atoms with Crippen molar-refractivity contribution in [2.45, 2.75) is 26.7 Å². The van der Waals surface area contributed by atoms with Crippen LogP contribution in [0.25, 0.3) is 0 Å². The van der Waals surface area contributed by atoms with Gasteiger partial charge in [0.05, 0.1) is 7.11 Å². The van der Waals surface area contributed by atoms with Crippen molar-refractivity contribution in [2.24, 2.45) is 0 Å². The van der Waals surface area contributed by atoms with E-state index < -0.39 is 5.97 Å². The number of hydrogen-bond donors (Lipinski definition) is 0. The quantitative estimate of drug-likeness (QED) is 0.284. The topological polar surface area (TPSA) is 35.5 Å². The third-order valence-electron chi connectivity index (χ3n) is 1.61. The zero-order valence-electron chi connectivity index (χ0n) is 9.08. The van der Waals surface area contributed by atoms with Crippen molar-refractivity contribution in [1.82, 2.24) is 0 Å². The van der Waals surface area contributed by atoms with Crippen LogP contribution in [0.5, 0.6) is 0 Å². The van der Waals surface area contributed by atoms with Gasteiger partial charge in [0.15, 0.2) is 0 Å². The molecule has 0 aromatic carbocycles. The third kappa shape index (κ3) is 5.41. The first-order valence-corrected chi connectivity index (χ1v) is 4.78. The van der Waals surface area contributed by atoms with E-state index in [1.54, 1.807) is 13.0 Å². The van der Waals surface area contributed by atoms with Gasteiger partial charge in [-0.3, -0.25) is 0 Å². The third-order valence-corrected chi connectivity index (χ3v) is 1.61. The molecule has 0 N–H and O–H groups in total. The average molecular weight is 198 g/mol. The van der Waals surface area contributed by atoms with Gasteiger partial charge in [-0.15, -0.1) is 0 Å². The summed E-state index contributed by atoms with van der Waals surface area (Å²) in [6.45, 7) is 4.26. The Morgan fingerprint density at radius 3 is 2.57 bits per heavy atom. The number of allylic oxidation sites excluding steroid dienone is 2. The first kappa shape index (κ1) is 12.8. The average Bonchev–Trinajstić information content (AvgIpc) is 2.22. The monoisotopic (exact) mass is 198 g/mol. The normalized spacial score (nSPS) is 11.8. The maximum Gasteiger partial charge on any atom is 0.372 e. The molecule has 0 amide bonds. The van der Waals surface area contributed by atoms with Gasteiger partial charge in [0.1, 0.15) is 6.61 Å². The van der Waals surface area contributed by atoms with Gasteiger partial charge in [-0.25, -0.2) is 4.79 Å². The molecular formula is C11H18O3. The number of ether oxygens (including phenoxy) is 2. The van der Waals surface area contributed by atoms with E-state index in [0.717, 1.165) is 12.8 Å². The fourth-order valence-corrected chi connectivity index (χ4v) is 0.851. The second-order valence-corrected chi connectivity index (χ2v) is 2.72. The van der Waals surface area contributed by atoms with Crippen LogP contribution < -0.4 is 0 Å². The van der Waals surface area contributed by atoms with Crippen LogP contribution >= 0.6 is 0 Å².